The zero-order valence-corrected chi connectivity index (χ0v) is 12.4. The zero-order valence-electron chi connectivity index (χ0n) is 12.4. The molecule has 19 heavy (non-hydrogen) atoms. The van der Waals surface area contributed by atoms with Crippen LogP contribution >= 0.6 is 0 Å². The van der Waals surface area contributed by atoms with Crippen molar-refractivity contribution in [2.75, 3.05) is 0 Å². The fourth-order valence-electron chi connectivity index (χ4n) is 3.47. The fraction of sp³-hybridized carbons (Fsp3) is 0.647. The van der Waals surface area contributed by atoms with Crippen LogP contribution in [0, 0.1) is 0 Å². The summed E-state index contributed by atoms with van der Waals surface area (Å²) in [5, 5.41) is 3.85. The summed E-state index contributed by atoms with van der Waals surface area (Å²) in [5.74, 6) is 0. The lowest BCUT2D eigenvalue weighted by Gasteiger charge is -2.38. The predicted octanol–water partition coefficient (Wildman–Crippen LogP) is 3.18. The molecule has 0 aromatic heterocycles. The van der Waals surface area contributed by atoms with Crippen LogP contribution in [0.2, 0.25) is 0 Å². The number of benzene rings is 1. The van der Waals surface area contributed by atoms with Crippen LogP contribution in [0.25, 0.3) is 0 Å². The van der Waals surface area contributed by atoms with Crippen molar-refractivity contribution in [2.45, 2.75) is 70.2 Å². The SMILES string of the molecule is CC1CC(NC2CC2)C(C)(C)N1Cc1ccccc1. The topological polar surface area (TPSA) is 15.3 Å². The van der Waals surface area contributed by atoms with E-state index >= 15 is 0 Å². The summed E-state index contributed by atoms with van der Waals surface area (Å²) in [6.45, 7) is 8.25. The normalized spacial score (nSPS) is 30.7. The lowest BCUT2D eigenvalue weighted by Crippen LogP contribution is -2.51. The molecule has 3 rings (SSSR count). The Morgan fingerprint density at radius 3 is 2.53 bits per heavy atom. The van der Waals surface area contributed by atoms with E-state index in [2.05, 4.69) is 61.3 Å². The van der Waals surface area contributed by atoms with Crippen LogP contribution in [-0.4, -0.2) is 28.6 Å². The molecule has 2 atom stereocenters. The van der Waals surface area contributed by atoms with Crippen LogP contribution in [0.15, 0.2) is 30.3 Å². The van der Waals surface area contributed by atoms with E-state index in [-0.39, 0.29) is 5.54 Å². The summed E-state index contributed by atoms with van der Waals surface area (Å²) < 4.78 is 0. The highest BCUT2D eigenvalue weighted by Gasteiger charge is 2.46. The van der Waals surface area contributed by atoms with E-state index in [4.69, 9.17) is 0 Å². The minimum Gasteiger partial charge on any atom is -0.309 e. The fourth-order valence-corrected chi connectivity index (χ4v) is 3.47. The van der Waals surface area contributed by atoms with Crippen molar-refractivity contribution in [1.82, 2.24) is 10.2 Å². The summed E-state index contributed by atoms with van der Waals surface area (Å²) in [6.07, 6.45) is 4.02. The van der Waals surface area contributed by atoms with Gasteiger partial charge in [0.2, 0.25) is 0 Å². The van der Waals surface area contributed by atoms with Crippen molar-refractivity contribution in [3.05, 3.63) is 35.9 Å². The van der Waals surface area contributed by atoms with Crippen LogP contribution in [0.4, 0.5) is 0 Å². The second-order valence-corrected chi connectivity index (χ2v) is 6.85. The van der Waals surface area contributed by atoms with Gasteiger partial charge in [0.25, 0.3) is 0 Å². The maximum atomic E-state index is 3.85. The molecule has 2 unspecified atom stereocenters. The molecule has 1 heterocycles. The monoisotopic (exact) mass is 258 g/mol. The Hall–Kier alpha value is -0.860. The Bertz CT molecular complexity index is 422. The third kappa shape index (κ3) is 2.70. The van der Waals surface area contributed by atoms with Gasteiger partial charge in [-0.25, -0.2) is 0 Å². The minimum absolute atomic E-state index is 0.248. The maximum Gasteiger partial charge on any atom is 0.0313 e. The number of likely N-dealkylation sites (tertiary alicyclic amines) is 1. The summed E-state index contributed by atoms with van der Waals surface area (Å²) in [7, 11) is 0. The van der Waals surface area contributed by atoms with Gasteiger partial charge in [0.05, 0.1) is 0 Å². The van der Waals surface area contributed by atoms with Gasteiger partial charge in [-0.1, -0.05) is 30.3 Å². The first-order chi connectivity index (χ1) is 9.07. The molecule has 0 bridgehead atoms. The molecule has 2 nitrogen and oxygen atoms in total. The Balaban J connectivity index is 1.72. The highest BCUT2D eigenvalue weighted by molar-refractivity contribution is 5.17. The van der Waals surface area contributed by atoms with Crippen LogP contribution in [-0.2, 0) is 6.54 Å². The van der Waals surface area contributed by atoms with E-state index in [1.165, 1.54) is 24.8 Å². The van der Waals surface area contributed by atoms with Crippen molar-refractivity contribution in [3.63, 3.8) is 0 Å². The first-order valence-electron chi connectivity index (χ1n) is 7.64. The van der Waals surface area contributed by atoms with Crippen LogP contribution in [0.1, 0.15) is 45.6 Å². The highest BCUT2D eigenvalue weighted by Crippen LogP contribution is 2.37. The van der Waals surface area contributed by atoms with E-state index in [9.17, 15) is 0 Å². The molecule has 1 aromatic carbocycles. The third-order valence-electron chi connectivity index (χ3n) is 4.91. The lowest BCUT2D eigenvalue weighted by atomic mass is 9.95. The molecule has 104 valence electrons. The molecule has 1 saturated heterocycles. The molecule has 0 radical (unpaired) electrons. The molecule has 0 spiro atoms. The molecular weight excluding hydrogens is 232 g/mol. The van der Waals surface area contributed by atoms with E-state index in [0.717, 1.165) is 12.6 Å². The van der Waals surface area contributed by atoms with Crippen molar-refractivity contribution >= 4 is 0 Å². The number of nitrogens with zero attached hydrogens (tertiary/aromatic N) is 1. The summed E-state index contributed by atoms with van der Waals surface area (Å²) >= 11 is 0. The molecule has 2 aliphatic rings. The van der Waals surface area contributed by atoms with Gasteiger partial charge >= 0.3 is 0 Å². The van der Waals surface area contributed by atoms with E-state index in [1.54, 1.807) is 0 Å². The van der Waals surface area contributed by atoms with Crippen molar-refractivity contribution < 1.29 is 0 Å². The van der Waals surface area contributed by atoms with Gasteiger partial charge in [-0.15, -0.1) is 0 Å². The highest BCUT2D eigenvalue weighted by atomic mass is 15.3. The Kier molecular flexibility index (Phi) is 3.40. The molecule has 0 amide bonds. The molecule has 1 aromatic rings. The van der Waals surface area contributed by atoms with Gasteiger partial charge in [0.1, 0.15) is 0 Å². The average molecular weight is 258 g/mol. The quantitative estimate of drug-likeness (QED) is 0.892. The molecule has 1 saturated carbocycles. The maximum absolute atomic E-state index is 3.85. The van der Waals surface area contributed by atoms with E-state index < -0.39 is 0 Å². The zero-order chi connectivity index (χ0) is 13.5. The van der Waals surface area contributed by atoms with E-state index in [0.29, 0.717) is 12.1 Å². The van der Waals surface area contributed by atoms with Crippen LogP contribution < -0.4 is 5.32 Å². The minimum atomic E-state index is 0.248. The number of rotatable bonds is 4. The Morgan fingerprint density at radius 1 is 1.21 bits per heavy atom. The summed E-state index contributed by atoms with van der Waals surface area (Å²) in [6, 6.07) is 13.0. The van der Waals surface area contributed by atoms with Gasteiger partial charge < -0.3 is 5.32 Å². The lowest BCUT2D eigenvalue weighted by molar-refractivity contribution is 0.112. The molecule has 1 N–H and O–H groups in total. The van der Waals surface area contributed by atoms with Gasteiger partial charge in [0.15, 0.2) is 0 Å². The molecule has 2 fully saturated rings. The molecule has 2 heteroatoms. The summed E-state index contributed by atoms with van der Waals surface area (Å²) in [5.41, 5.74) is 1.67. The van der Waals surface area contributed by atoms with Crippen LogP contribution in [0.5, 0.6) is 0 Å². The van der Waals surface area contributed by atoms with Crippen molar-refractivity contribution in [3.8, 4) is 0 Å². The average Bonchev–Trinajstić information content (AvgIpc) is 3.16. The van der Waals surface area contributed by atoms with Gasteiger partial charge in [-0.05, 0) is 45.6 Å². The van der Waals surface area contributed by atoms with Gasteiger partial charge in [-0.3, -0.25) is 4.90 Å². The van der Waals surface area contributed by atoms with Gasteiger partial charge in [0, 0.05) is 30.2 Å². The van der Waals surface area contributed by atoms with E-state index in [1.807, 2.05) is 0 Å². The number of hydrogen-bond acceptors (Lipinski definition) is 2. The molecule has 1 aliphatic heterocycles. The Labute approximate surface area is 117 Å². The second-order valence-electron chi connectivity index (χ2n) is 6.85. The molecular formula is C17H26N2. The molecule has 1 aliphatic carbocycles. The standard InChI is InChI=1S/C17H26N2/c1-13-11-16(18-15-9-10-15)17(2,3)19(13)12-14-7-5-4-6-8-14/h4-8,13,15-16,18H,9-12H2,1-3H3. The largest absolute Gasteiger partial charge is 0.309 e. The number of nitrogens with one attached hydrogen (secondary N) is 1. The first-order valence-corrected chi connectivity index (χ1v) is 7.64. The second kappa shape index (κ2) is 4.92. The summed E-state index contributed by atoms with van der Waals surface area (Å²) in [4.78, 5) is 2.67. The smallest absolute Gasteiger partial charge is 0.0313 e. The third-order valence-corrected chi connectivity index (χ3v) is 4.91. The Morgan fingerprint density at radius 2 is 1.89 bits per heavy atom. The van der Waals surface area contributed by atoms with Crippen molar-refractivity contribution in [2.24, 2.45) is 0 Å². The number of hydrogen-bond donors (Lipinski definition) is 1. The predicted molar refractivity (Wildman–Crippen MR) is 80.1 cm³/mol. The van der Waals surface area contributed by atoms with Crippen LogP contribution in [0.3, 0.4) is 0 Å². The van der Waals surface area contributed by atoms with Crippen molar-refractivity contribution in [1.29, 1.82) is 0 Å². The van der Waals surface area contributed by atoms with Gasteiger partial charge in [-0.2, -0.15) is 0 Å². The first kappa shape index (κ1) is 13.1.